The van der Waals surface area contributed by atoms with Crippen molar-refractivity contribution in [1.82, 2.24) is 0 Å². The number of hydrogen-bond donors (Lipinski definition) is 1. The van der Waals surface area contributed by atoms with Crippen molar-refractivity contribution in [3.63, 3.8) is 0 Å². The van der Waals surface area contributed by atoms with E-state index in [2.05, 4.69) is 6.92 Å². The minimum Gasteiger partial charge on any atom is -0.481 e. The number of aliphatic carboxylic acids is 1. The smallest absolute Gasteiger partial charge is 0.303 e. The lowest BCUT2D eigenvalue weighted by atomic mass is 9.98. The standard InChI is InChI=1S/C18H34O3/c1-3-4-5-6-7-8-9-10-11-12-13-17(19)14-16(2)15-18(20)21/h16H,3-15H2,1-2H3,(H,20,21). The largest absolute Gasteiger partial charge is 0.481 e. The molecule has 0 aliphatic carbocycles. The van der Waals surface area contributed by atoms with Gasteiger partial charge in [0.15, 0.2) is 0 Å². The Hall–Kier alpha value is -0.860. The summed E-state index contributed by atoms with van der Waals surface area (Å²) in [6.07, 6.45) is 13.9. The summed E-state index contributed by atoms with van der Waals surface area (Å²) in [4.78, 5) is 22.2. The van der Waals surface area contributed by atoms with E-state index in [1.807, 2.05) is 6.92 Å². The Morgan fingerprint density at radius 3 is 1.76 bits per heavy atom. The molecule has 21 heavy (non-hydrogen) atoms. The summed E-state index contributed by atoms with van der Waals surface area (Å²) in [5.41, 5.74) is 0. The van der Waals surface area contributed by atoms with Gasteiger partial charge in [-0.05, 0) is 12.3 Å². The van der Waals surface area contributed by atoms with E-state index >= 15 is 0 Å². The van der Waals surface area contributed by atoms with Gasteiger partial charge in [-0.2, -0.15) is 0 Å². The van der Waals surface area contributed by atoms with Gasteiger partial charge in [-0.1, -0.05) is 71.6 Å². The first-order valence-corrected chi connectivity index (χ1v) is 8.79. The number of carbonyl (C=O) groups excluding carboxylic acids is 1. The maximum Gasteiger partial charge on any atom is 0.303 e. The van der Waals surface area contributed by atoms with Gasteiger partial charge in [0.25, 0.3) is 0 Å². The van der Waals surface area contributed by atoms with Gasteiger partial charge in [-0.3, -0.25) is 9.59 Å². The van der Waals surface area contributed by atoms with Crippen molar-refractivity contribution >= 4 is 11.8 Å². The highest BCUT2D eigenvalue weighted by Gasteiger charge is 2.12. The van der Waals surface area contributed by atoms with E-state index in [9.17, 15) is 9.59 Å². The van der Waals surface area contributed by atoms with Gasteiger partial charge in [0.1, 0.15) is 5.78 Å². The van der Waals surface area contributed by atoms with Crippen LogP contribution in [0.4, 0.5) is 0 Å². The Balaban J connectivity index is 3.30. The Morgan fingerprint density at radius 2 is 1.29 bits per heavy atom. The molecule has 124 valence electrons. The van der Waals surface area contributed by atoms with Gasteiger partial charge in [0.05, 0.1) is 0 Å². The highest BCUT2D eigenvalue weighted by molar-refractivity contribution is 5.79. The summed E-state index contributed by atoms with van der Waals surface area (Å²) in [6, 6.07) is 0. The number of carboxylic acids is 1. The van der Waals surface area contributed by atoms with Crippen molar-refractivity contribution in [2.24, 2.45) is 5.92 Å². The second kappa shape index (κ2) is 14.1. The molecule has 0 heterocycles. The Morgan fingerprint density at radius 1 is 0.810 bits per heavy atom. The van der Waals surface area contributed by atoms with E-state index in [4.69, 9.17) is 5.11 Å². The zero-order valence-corrected chi connectivity index (χ0v) is 14.0. The first kappa shape index (κ1) is 20.1. The molecule has 0 aliphatic rings. The van der Waals surface area contributed by atoms with Gasteiger partial charge in [0, 0.05) is 19.3 Å². The van der Waals surface area contributed by atoms with Gasteiger partial charge in [-0.25, -0.2) is 0 Å². The number of Topliss-reactive ketones (excluding diaryl/α,β-unsaturated/α-hetero) is 1. The topological polar surface area (TPSA) is 54.4 Å². The zero-order valence-electron chi connectivity index (χ0n) is 14.0. The number of hydrogen-bond acceptors (Lipinski definition) is 2. The van der Waals surface area contributed by atoms with Gasteiger partial charge in [0.2, 0.25) is 0 Å². The van der Waals surface area contributed by atoms with Crippen molar-refractivity contribution in [3.8, 4) is 0 Å². The number of rotatable bonds is 15. The van der Waals surface area contributed by atoms with Gasteiger partial charge in [-0.15, -0.1) is 0 Å². The van der Waals surface area contributed by atoms with Crippen molar-refractivity contribution in [1.29, 1.82) is 0 Å². The molecule has 1 unspecified atom stereocenters. The van der Waals surface area contributed by atoms with Crippen LogP contribution in [0.15, 0.2) is 0 Å². The first-order chi connectivity index (χ1) is 10.1. The normalized spacial score (nSPS) is 12.3. The van der Waals surface area contributed by atoms with E-state index < -0.39 is 5.97 Å². The van der Waals surface area contributed by atoms with Crippen molar-refractivity contribution < 1.29 is 14.7 Å². The Labute approximate surface area is 130 Å². The number of unbranched alkanes of at least 4 members (excludes halogenated alkanes) is 9. The monoisotopic (exact) mass is 298 g/mol. The molecule has 3 nitrogen and oxygen atoms in total. The molecule has 3 heteroatoms. The fourth-order valence-electron chi connectivity index (χ4n) is 2.67. The van der Waals surface area contributed by atoms with Crippen molar-refractivity contribution in [2.75, 3.05) is 0 Å². The van der Waals surface area contributed by atoms with Crippen LogP contribution >= 0.6 is 0 Å². The third-order valence-corrected chi connectivity index (χ3v) is 3.91. The second-order valence-electron chi connectivity index (χ2n) is 6.38. The molecule has 0 radical (unpaired) electrons. The Kier molecular flexibility index (Phi) is 13.5. The average Bonchev–Trinajstić information content (AvgIpc) is 2.39. The first-order valence-electron chi connectivity index (χ1n) is 8.79. The van der Waals surface area contributed by atoms with E-state index in [0.29, 0.717) is 12.8 Å². The third kappa shape index (κ3) is 15.3. The quantitative estimate of drug-likeness (QED) is 0.414. The summed E-state index contributed by atoms with van der Waals surface area (Å²) in [5.74, 6) is -0.615. The van der Waals surface area contributed by atoms with E-state index in [1.165, 1.54) is 51.4 Å². The SMILES string of the molecule is CCCCCCCCCCCCC(=O)CC(C)CC(=O)O. The van der Waals surface area contributed by atoms with E-state index in [1.54, 1.807) is 0 Å². The minimum absolute atomic E-state index is 0.0295. The lowest BCUT2D eigenvalue weighted by Gasteiger charge is -2.07. The van der Waals surface area contributed by atoms with Crippen LogP contribution in [0.3, 0.4) is 0 Å². The van der Waals surface area contributed by atoms with Crippen LogP contribution in [-0.2, 0) is 9.59 Å². The molecule has 0 saturated heterocycles. The molecular weight excluding hydrogens is 264 g/mol. The van der Waals surface area contributed by atoms with Crippen LogP contribution in [0.25, 0.3) is 0 Å². The molecule has 0 fully saturated rings. The highest BCUT2D eigenvalue weighted by Crippen LogP contribution is 2.14. The lowest BCUT2D eigenvalue weighted by molar-refractivity contribution is -0.138. The predicted octanol–water partition coefficient (Wildman–Crippen LogP) is 5.37. The average molecular weight is 298 g/mol. The summed E-state index contributed by atoms with van der Waals surface area (Å²) in [6.45, 7) is 4.08. The zero-order chi connectivity index (χ0) is 15.9. The van der Waals surface area contributed by atoms with Gasteiger partial charge >= 0.3 is 5.97 Å². The molecule has 0 bridgehead atoms. The molecule has 1 atom stereocenters. The predicted molar refractivity (Wildman–Crippen MR) is 87.5 cm³/mol. The van der Waals surface area contributed by atoms with Gasteiger partial charge < -0.3 is 5.11 Å². The second-order valence-corrected chi connectivity index (χ2v) is 6.38. The lowest BCUT2D eigenvalue weighted by Crippen LogP contribution is -2.09. The van der Waals surface area contributed by atoms with Crippen LogP contribution in [0.5, 0.6) is 0 Å². The Bertz CT molecular complexity index is 274. The molecule has 0 saturated carbocycles. The maximum absolute atomic E-state index is 11.7. The summed E-state index contributed by atoms with van der Waals surface area (Å²) in [7, 11) is 0. The molecule has 0 rings (SSSR count). The minimum atomic E-state index is -0.811. The van der Waals surface area contributed by atoms with Crippen LogP contribution < -0.4 is 0 Å². The van der Waals surface area contributed by atoms with Crippen molar-refractivity contribution in [3.05, 3.63) is 0 Å². The fraction of sp³-hybridized carbons (Fsp3) is 0.889. The molecular formula is C18H34O3. The highest BCUT2D eigenvalue weighted by atomic mass is 16.4. The number of carbonyl (C=O) groups is 2. The van der Waals surface area contributed by atoms with Crippen LogP contribution in [0.1, 0.15) is 97.3 Å². The molecule has 0 spiro atoms. The molecule has 0 aliphatic heterocycles. The van der Waals surface area contributed by atoms with E-state index in [-0.39, 0.29) is 18.1 Å². The molecule has 0 aromatic carbocycles. The fourth-order valence-corrected chi connectivity index (χ4v) is 2.67. The summed E-state index contributed by atoms with van der Waals surface area (Å²) < 4.78 is 0. The van der Waals surface area contributed by atoms with Crippen LogP contribution in [0, 0.1) is 5.92 Å². The summed E-state index contributed by atoms with van der Waals surface area (Å²) >= 11 is 0. The number of carboxylic acid groups (broad SMARTS) is 1. The molecule has 0 aromatic rings. The maximum atomic E-state index is 11.7. The van der Waals surface area contributed by atoms with Crippen molar-refractivity contribution in [2.45, 2.75) is 97.3 Å². The molecule has 0 aromatic heterocycles. The van der Waals surface area contributed by atoms with Crippen LogP contribution in [0.2, 0.25) is 0 Å². The summed E-state index contributed by atoms with van der Waals surface area (Å²) in [5, 5.41) is 8.65. The van der Waals surface area contributed by atoms with E-state index in [0.717, 1.165) is 12.8 Å². The third-order valence-electron chi connectivity index (χ3n) is 3.91. The molecule has 0 amide bonds. The number of ketones is 1. The molecule has 1 N–H and O–H groups in total. The van der Waals surface area contributed by atoms with Crippen LogP contribution in [-0.4, -0.2) is 16.9 Å².